The van der Waals surface area contributed by atoms with Crippen LogP contribution in [0.15, 0.2) is 121 Å². The topological polar surface area (TPSA) is 30.5 Å². The minimum Gasteiger partial charge on any atom is -0.311 e. The summed E-state index contributed by atoms with van der Waals surface area (Å²) < 4.78 is 0. The average molecular weight is 507 g/mol. The highest BCUT2D eigenvalue weighted by molar-refractivity contribution is 5.17. The van der Waals surface area contributed by atoms with E-state index < -0.39 is 0 Å². The number of nitrogens with one attached hydrogen (secondary N) is 2. The summed E-state index contributed by atoms with van der Waals surface area (Å²) in [6, 6.07) is 43.0. The van der Waals surface area contributed by atoms with Crippen LogP contribution in [0.25, 0.3) is 0 Å². The smallest absolute Gasteiger partial charge is 0.0234 e. The Bertz CT molecular complexity index is 1030. The van der Waals surface area contributed by atoms with Crippen LogP contribution >= 0.6 is 0 Å². The molecule has 4 heteroatoms. The Morgan fingerprint density at radius 2 is 0.684 bits per heavy atom. The molecular weight excluding hydrogens is 464 g/mol. The van der Waals surface area contributed by atoms with Gasteiger partial charge >= 0.3 is 0 Å². The van der Waals surface area contributed by atoms with E-state index in [1.807, 2.05) is 0 Å². The summed E-state index contributed by atoms with van der Waals surface area (Å²) in [5.74, 6) is 0. The van der Waals surface area contributed by atoms with E-state index in [4.69, 9.17) is 0 Å². The summed E-state index contributed by atoms with van der Waals surface area (Å²) in [5, 5.41) is 7.28. The van der Waals surface area contributed by atoms with Gasteiger partial charge in [-0.05, 0) is 22.3 Å². The van der Waals surface area contributed by atoms with Crippen molar-refractivity contribution in [2.45, 2.75) is 26.2 Å². The second-order valence-electron chi connectivity index (χ2n) is 9.85. The molecule has 38 heavy (non-hydrogen) atoms. The quantitative estimate of drug-likeness (QED) is 0.183. The van der Waals surface area contributed by atoms with E-state index in [9.17, 15) is 0 Å². The molecule has 0 saturated carbocycles. The predicted molar refractivity (Wildman–Crippen MR) is 160 cm³/mol. The predicted octanol–water partition coefficient (Wildman–Crippen LogP) is 5.57. The largest absolute Gasteiger partial charge is 0.311 e. The fourth-order valence-corrected chi connectivity index (χ4v) is 4.64. The van der Waals surface area contributed by atoms with Crippen LogP contribution in [0.3, 0.4) is 0 Å². The Labute approximate surface area is 229 Å². The SMILES string of the molecule is c1ccc(CNCCN(CCN(CCNCc2ccccc2)Cc2ccccc2)Cc2ccccc2)cc1. The molecule has 4 aromatic rings. The highest BCUT2D eigenvalue weighted by atomic mass is 15.2. The molecular formula is C34H42N4. The molecule has 0 unspecified atom stereocenters. The number of nitrogens with zero attached hydrogens (tertiary/aromatic N) is 2. The van der Waals surface area contributed by atoms with Gasteiger partial charge in [-0.15, -0.1) is 0 Å². The van der Waals surface area contributed by atoms with Gasteiger partial charge in [0.25, 0.3) is 0 Å². The first-order chi connectivity index (χ1) is 18.8. The van der Waals surface area contributed by atoms with Crippen LogP contribution in [-0.2, 0) is 26.2 Å². The van der Waals surface area contributed by atoms with Crippen molar-refractivity contribution in [3.05, 3.63) is 144 Å². The van der Waals surface area contributed by atoms with Crippen LogP contribution in [0.2, 0.25) is 0 Å². The maximum Gasteiger partial charge on any atom is 0.0234 e. The maximum absolute atomic E-state index is 3.64. The zero-order valence-electron chi connectivity index (χ0n) is 22.5. The fourth-order valence-electron chi connectivity index (χ4n) is 4.64. The lowest BCUT2D eigenvalue weighted by molar-refractivity contribution is 0.193. The van der Waals surface area contributed by atoms with E-state index in [1.165, 1.54) is 22.3 Å². The van der Waals surface area contributed by atoms with Crippen molar-refractivity contribution in [2.24, 2.45) is 0 Å². The summed E-state index contributed by atoms with van der Waals surface area (Å²) in [4.78, 5) is 5.17. The Morgan fingerprint density at radius 3 is 1.03 bits per heavy atom. The first-order valence-corrected chi connectivity index (χ1v) is 13.9. The van der Waals surface area contributed by atoms with Crippen molar-refractivity contribution in [3.63, 3.8) is 0 Å². The number of rotatable bonds is 17. The molecule has 0 aliphatic carbocycles. The molecule has 0 heterocycles. The van der Waals surface area contributed by atoms with E-state index in [-0.39, 0.29) is 0 Å². The van der Waals surface area contributed by atoms with Crippen molar-refractivity contribution >= 4 is 0 Å². The lowest BCUT2D eigenvalue weighted by Gasteiger charge is -2.28. The van der Waals surface area contributed by atoms with Crippen LogP contribution in [0.4, 0.5) is 0 Å². The molecule has 0 radical (unpaired) electrons. The highest BCUT2D eigenvalue weighted by Crippen LogP contribution is 2.08. The minimum absolute atomic E-state index is 0.910. The standard InChI is InChI=1S/C34H42N4/c1-5-13-31(14-6-1)27-35-21-23-37(29-33-17-9-3-10-18-33)25-26-38(30-34-19-11-4-12-20-34)24-22-36-28-32-15-7-2-8-16-32/h1-20,35-36H,21-30H2. The average Bonchev–Trinajstić information content (AvgIpc) is 2.98. The monoisotopic (exact) mass is 506 g/mol. The molecule has 198 valence electrons. The third kappa shape index (κ3) is 10.6. The lowest BCUT2D eigenvalue weighted by atomic mass is 10.2. The molecule has 0 saturated heterocycles. The van der Waals surface area contributed by atoms with Gasteiger partial charge in [-0.25, -0.2) is 0 Å². The van der Waals surface area contributed by atoms with Crippen LogP contribution in [0, 0.1) is 0 Å². The van der Waals surface area contributed by atoms with Crippen molar-refractivity contribution in [3.8, 4) is 0 Å². The second-order valence-corrected chi connectivity index (χ2v) is 9.85. The third-order valence-corrected chi connectivity index (χ3v) is 6.78. The van der Waals surface area contributed by atoms with Gasteiger partial charge in [0.2, 0.25) is 0 Å². The Hall–Kier alpha value is -3.28. The van der Waals surface area contributed by atoms with Crippen LogP contribution in [0.1, 0.15) is 22.3 Å². The molecule has 4 nitrogen and oxygen atoms in total. The maximum atomic E-state index is 3.64. The van der Waals surface area contributed by atoms with Gasteiger partial charge in [-0.2, -0.15) is 0 Å². The Kier molecular flexibility index (Phi) is 12.1. The van der Waals surface area contributed by atoms with E-state index in [0.29, 0.717) is 0 Å². The van der Waals surface area contributed by atoms with Gasteiger partial charge in [0, 0.05) is 65.4 Å². The second kappa shape index (κ2) is 16.5. The normalized spacial score (nSPS) is 11.3. The van der Waals surface area contributed by atoms with E-state index in [2.05, 4.69) is 142 Å². The van der Waals surface area contributed by atoms with Gasteiger partial charge in [0.05, 0.1) is 0 Å². The van der Waals surface area contributed by atoms with Crippen molar-refractivity contribution in [1.82, 2.24) is 20.4 Å². The molecule has 4 aromatic carbocycles. The third-order valence-electron chi connectivity index (χ3n) is 6.78. The van der Waals surface area contributed by atoms with Gasteiger partial charge in [0.15, 0.2) is 0 Å². The van der Waals surface area contributed by atoms with Crippen LogP contribution in [0.5, 0.6) is 0 Å². The minimum atomic E-state index is 0.910. The summed E-state index contributed by atoms with van der Waals surface area (Å²) >= 11 is 0. The van der Waals surface area contributed by atoms with Gasteiger partial charge in [-0.3, -0.25) is 9.80 Å². The number of hydrogen-bond donors (Lipinski definition) is 2. The molecule has 0 bridgehead atoms. The summed E-state index contributed by atoms with van der Waals surface area (Å²) in [7, 11) is 0. The molecule has 0 aliphatic heterocycles. The van der Waals surface area contributed by atoms with Gasteiger partial charge < -0.3 is 10.6 Å². The molecule has 2 N–H and O–H groups in total. The Balaban J connectivity index is 1.31. The van der Waals surface area contributed by atoms with E-state index in [1.54, 1.807) is 0 Å². The molecule has 0 amide bonds. The van der Waals surface area contributed by atoms with Gasteiger partial charge in [-0.1, -0.05) is 121 Å². The first kappa shape index (κ1) is 27.7. The molecule has 0 fully saturated rings. The molecule has 0 aliphatic rings. The van der Waals surface area contributed by atoms with E-state index >= 15 is 0 Å². The molecule has 4 rings (SSSR count). The van der Waals surface area contributed by atoms with Gasteiger partial charge in [0.1, 0.15) is 0 Å². The summed E-state index contributed by atoms with van der Waals surface area (Å²) in [6.45, 7) is 9.82. The fraction of sp³-hybridized carbons (Fsp3) is 0.294. The van der Waals surface area contributed by atoms with E-state index in [0.717, 1.165) is 65.4 Å². The number of benzene rings is 4. The molecule has 0 atom stereocenters. The first-order valence-electron chi connectivity index (χ1n) is 13.9. The Morgan fingerprint density at radius 1 is 0.368 bits per heavy atom. The molecule has 0 spiro atoms. The lowest BCUT2D eigenvalue weighted by Crippen LogP contribution is -2.40. The van der Waals surface area contributed by atoms with Crippen molar-refractivity contribution in [2.75, 3.05) is 39.3 Å². The van der Waals surface area contributed by atoms with Crippen molar-refractivity contribution in [1.29, 1.82) is 0 Å². The molecule has 0 aromatic heterocycles. The van der Waals surface area contributed by atoms with Crippen molar-refractivity contribution < 1.29 is 0 Å². The summed E-state index contributed by atoms with van der Waals surface area (Å²) in [5.41, 5.74) is 5.41. The highest BCUT2D eigenvalue weighted by Gasteiger charge is 2.11. The zero-order chi connectivity index (χ0) is 26.1. The summed E-state index contributed by atoms with van der Waals surface area (Å²) in [6.07, 6.45) is 0. The van der Waals surface area contributed by atoms with Crippen LogP contribution < -0.4 is 10.6 Å². The zero-order valence-corrected chi connectivity index (χ0v) is 22.5. The number of hydrogen-bond acceptors (Lipinski definition) is 4. The van der Waals surface area contributed by atoms with Crippen LogP contribution in [-0.4, -0.2) is 49.1 Å².